The van der Waals surface area contributed by atoms with Crippen molar-refractivity contribution in [2.24, 2.45) is 0 Å². The molecule has 4 rings (SSSR count). The van der Waals surface area contributed by atoms with Gasteiger partial charge in [-0.1, -0.05) is 6.07 Å². The smallest absolute Gasteiger partial charge is 0.416 e. The van der Waals surface area contributed by atoms with Crippen LogP contribution in [-0.2, 0) is 6.18 Å². The Hall–Kier alpha value is -4.07. The number of hydrogen-bond acceptors (Lipinski definition) is 4. The summed E-state index contributed by atoms with van der Waals surface area (Å²) in [5.41, 5.74) is 2.15. The topological polar surface area (TPSA) is 63.2 Å². The number of methoxy groups -OCH3 is 1. The minimum Gasteiger partial charge on any atom is -0.497 e. The van der Waals surface area contributed by atoms with Gasteiger partial charge in [-0.05, 0) is 79.2 Å². The quantitative estimate of drug-likeness (QED) is 0.360. The summed E-state index contributed by atoms with van der Waals surface area (Å²) in [7, 11) is 1.56. The first-order valence-corrected chi connectivity index (χ1v) is 10.0. The number of alkyl halides is 3. The molecule has 0 aliphatic heterocycles. The Balaban J connectivity index is 1.55. The van der Waals surface area contributed by atoms with Gasteiger partial charge >= 0.3 is 6.18 Å². The van der Waals surface area contributed by atoms with Crippen LogP contribution in [-0.4, -0.2) is 18.0 Å². The number of aryl methyl sites for hydroxylation is 1. The van der Waals surface area contributed by atoms with Gasteiger partial charge < -0.3 is 15.4 Å². The fraction of sp³-hybridized carbons (Fsp3) is 0.120. The Morgan fingerprint density at radius 2 is 1.70 bits per heavy atom. The fourth-order valence-electron chi connectivity index (χ4n) is 3.40. The number of ether oxygens (including phenoxy) is 1. The molecule has 0 atom stereocenters. The van der Waals surface area contributed by atoms with Crippen LogP contribution in [0.1, 0.15) is 21.5 Å². The van der Waals surface area contributed by atoms with Crippen LogP contribution < -0.4 is 15.4 Å². The lowest BCUT2D eigenvalue weighted by Crippen LogP contribution is -2.11. The number of pyridine rings is 1. The molecular weight excluding hydrogens is 431 g/mol. The number of halogens is 3. The van der Waals surface area contributed by atoms with Gasteiger partial charge in [0.2, 0.25) is 0 Å². The van der Waals surface area contributed by atoms with Crippen molar-refractivity contribution in [1.29, 1.82) is 0 Å². The molecule has 0 bridgehead atoms. The number of rotatable bonds is 5. The van der Waals surface area contributed by atoms with Crippen molar-refractivity contribution >= 4 is 34.0 Å². The van der Waals surface area contributed by atoms with Gasteiger partial charge in [0.15, 0.2) is 0 Å². The van der Waals surface area contributed by atoms with Crippen LogP contribution in [0.15, 0.2) is 72.8 Å². The minimum atomic E-state index is -4.42. The highest BCUT2D eigenvalue weighted by Crippen LogP contribution is 2.32. The zero-order valence-corrected chi connectivity index (χ0v) is 17.8. The predicted octanol–water partition coefficient (Wildman–Crippen LogP) is 6.57. The number of nitrogens with one attached hydrogen (secondary N) is 2. The standard InChI is InChI=1S/C25H20F3N3O2/c1-15-12-23(29-18-5-3-4-17(13-18)25(26,27)28)31-22-11-8-19(14-21(15)22)30-24(32)16-6-9-20(33-2)10-7-16/h3-14H,1-2H3,(H,29,31)(H,30,32). The van der Waals surface area contributed by atoms with Gasteiger partial charge in [-0.15, -0.1) is 0 Å². The molecule has 3 aromatic carbocycles. The van der Waals surface area contributed by atoms with E-state index in [4.69, 9.17) is 4.74 Å². The third-order valence-corrected chi connectivity index (χ3v) is 5.09. The maximum absolute atomic E-state index is 13.0. The van der Waals surface area contributed by atoms with Gasteiger partial charge in [-0.2, -0.15) is 13.2 Å². The highest BCUT2D eigenvalue weighted by Gasteiger charge is 2.30. The first-order valence-electron chi connectivity index (χ1n) is 10.0. The second-order valence-electron chi connectivity index (χ2n) is 7.44. The Labute approximate surface area is 188 Å². The lowest BCUT2D eigenvalue weighted by atomic mass is 10.1. The molecule has 0 unspecified atom stereocenters. The van der Waals surface area contributed by atoms with E-state index in [9.17, 15) is 18.0 Å². The van der Waals surface area contributed by atoms with E-state index in [1.165, 1.54) is 6.07 Å². The van der Waals surface area contributed by atoms with Crippen LogP contribution in [0.3, 0.4) is 0 Å². The number of carbonyl (C=O) groups excluding carboxylic acids is 1. The summed E-state index contributed by atoms with van der Waals surface area (Å²) in [5.74, 6) is 0.827. The van der Waals surface area contributed by atoms with Crippen molar-refractivity contribution in [3.05, 3.63) is 89.5 Å². The maximum atomic E-state index is 13.0. The molecule has 1 amide bonds. The van der Waals surface area contributed by atoms with Crippen LogP contribution in [0.5, 0.6) is 5.75 Å². The predicted molar refractivity (Wildman–Crippen MR) is 122 cm³/mol. The average Bonchev–Trinajstić information content (AvgIpc) is 2.79. The van der Waals surface area contributed by atoms with Crippen LogP contribution in [0.4, 0.5) is 30.4 Å². The Morgan fingerprint density at radius 1 is 0.939 bits per heavy atom. The molecule has 1 heterocycles. The molecule has 0 aliphatic carbocycles. The normalized spacial score (nSPS) is 11.3. The highest BCUT2D eigenvalue weighted by molar-refractivity contribution is 6.05. The summed E-state index contributed by atoms with van der Waals surface area (Å²) in [4.78, 5) is 17.0. The lowest BCUT2D eigenvalue weighted by Gasteiger charge is -2.13. The van der Waals surface area contributed by atoms with Crippen molar-refractivity contribution in [2.75, 3.05) is 17.7 Å². The van der Waals surface area contributed by atoms with E-state index in [0.717, 1.165) is 23.1 Å². The first-order chi connectivity index (χ1) is 15.7. The summed E-state index contributed by atoms with van der Waals surface area (Å²) >= 11 is 0. The van der Waals surface area contributed by atoms with Gasteiger partial charge in [-0.25, -0.2) is 4.98 Å². The second-order valence-corrected chi connectivity index (χ2v) is 7.44. The lowest BCUT2D eigenvalue weighted by molar-refractivity contribution is -0.137. The van der Waals surface area contributed by atoms with Crippen LogP contribution in [0, 0.1) is 6.92 Å². The molecule has 1 aromatic heterocycles. The van der Waals surface area contributed by atoms with Crippen LogP contribution in [0.2, 0.25) is 0 Å². The Bertz CT molecular complexity index is 1320. The van der Waals surface area contributed by atoms with E-state index >= 15 is 0 Å². The number of aromatic nitrogens is 1. The number of amides is 1. The first kappa shape index (κ1) is 22.1. The number of benzene rings is 3. The summed E-state index contributed by atoms with van der Waals surface area (Å²) in [6.07, 6.45) is -4.42. The van der Waals surface area contributed by atoms with E-state index in [-0.39, 0.29) is 5.91 Å². The molecule has 0 fully saturated rings. The summed E-state index contributed by atoms with van der Waals surface area (Å²) in [6.45, 7) is 1.87. The molecule has 5 nitrogen and oxygen atoms in total. The zero-order valence-electron chi connectivity index (χ0n) is 17.8. The SMILES string of the molecule is COc1ccc(C(=O)Nc2ccc3nc(Nc4cccc(C(F)(F)F)c4)cc(C)c3c2)cc1. The molecule has 0 aliphatic rings. The fourth-order valence-corrected chi connectivity index (χ4v) is 3.40. The minimum absolute atomic E-state index is 0.259. The number of fused-ring (bicyclic) bond motifs is 1. The monoisotopic (exact) mass is 451 g/mol. The molecule has 8 heteroatoms. The van der Waals surface area contributed by atoms with E-state index in [0.29, 0.717) is 34.0 Å². The molecular formula is C25H20F3N3O2. The second kappa shape index (κ2) is 8.82. The Kier molecular flexibility index (Phi) is 5.91. The van der Waals surface area contributed by atoms with Crippen LogP contribution >= 0.6 is 0 Å². The Morgan fingerprint density at radius 3 is 2.39 bits per heavy atom. The number of carbonyl (C=O) groups is 1. The summed E-state index contributed by atoms with van der Waals surface area (Å²) in [6, 6.07) is 18.8. The third kappa shape index (κ3) is 5.06. The van der Waals surface area contributed by atoms with Gasteiger partial charge in [0, 0.05) is 22.3 Å². The van der Waals surface area contributed by atoms with Gasteiger partial charge in [0.25, 0.3) is 5.91 Å². The van der Waals surface area contributed by atoms with Crippen molar-refractivity contribution < 1.29 is 22.7 Å². The van der Waals surface area contributed by atoms with Crippen LogP contribution in [0.25, 0.3) is 10.9 Å². The molecule has 0 spiro atoms. The highest BCUT2D eigenvalue weighted by atomic mass is 19.4. The van der Waals surface area contributed by atoms with Crippen molar-refractivity contribution in [1.82, 2.24) is 4.98 Å². The molecule has 168 valence electrons. The van der Waals surface area contributed by atoms with Crippen molar-refractivity contribution in [3.63, 3.8) is 0 Å². The zero-order chi connectivity index (χ0) is 23.6. The summed E-state index contributed by atoms with van der Waals surface area (Å²) < 4.78 is 44.0. The van der Waals surface area contributed by atoms with Crippen molar-refractivity contribution in [3.8, 4) is 5.75 Å². The largest absolute Gasteiger partial charge is 0.497 e. The number of anilines is 3. The maximum Gasteiger partial charge on any atom is 0.416 e. The molecule has 0 saturated carbocycles. The summed E-state index contributed by atoms with van der Waals surface area (Å²) in [5, 5.41) is 6.61. The van der Waals surface area contributed by atoms with Gasteiger partial charge in [0.1, 0.15) is 11.6 Å². The van der Waals surface area contributed by atoms with E-state index in [1.54, 1.807) is 55.6 Å². The van der Waals surface area contributed by atoms with Gasteiger partial charge in [-0.3, -0.25) is 4.79 Å². The van der Waals surface area contributed by atoms with E-state index < -0.39 is 11.7 Å². The molecule has 0 radical (unpaired) electrons. The molecule has 0 saturated heterocycles. The van der Waals surface area contributed by atoms with Crippen molar-refractivity contribution in [2.45, 2.75) is 13.1 Å². The van der Waals surface area contributed by atoms with Gasteiger partial charge in [0.05, 0.1) is 18.2 Å². The average molecular weight is 451 g/mol. The van der Waals surface area contributed by atoms with E-state index in [2.05, 4.69) is 15.6 Å². The molecule has 4 aromatic rings. The number of hydrogen-bond donors (Lipinski definition) is 2. The number of nitrogens with zero attached hydrogens (tertiary/aromatic N) is 1. The third-order valence-electron chi connectivity index (χ3n) is 5.09. The molecule has 2 N–H and O–H groups in total. The molecule has 33 heavy (non-hydrogen) atoms. The van der Waals surface area contributed by atoms with E-state index in [1.807, 2.05) is 13.0 Å².